The van der Waals surface area contributed by atoms with E-state index in [0.717, 1.165) is 0 Å². The largest absolute Gasteiger partial charge is 0.0761 e. The highest BCUT2D eigenvalue weighted by Gasteiger charge is 2.02. The Labute approximate surface area is 79.6 Å². The van der Waals surface area contributed by atoms with Crippen molar-refractivity contribution >= 4 is 11.6 Å². The molecule has 0 aliphatic heterocycles. The maximum absolute atomic E-state index is 2.37. The average molecular weight is 172 g/mol. The second-order valence-corrected chi connectivity index (χ2v) is 4.07. The summed E-state index contributed by atoms with van der Waals surface area (Å²) in [4.78, 5) is 0. The van der Waals surface area contributed by atoms with Crippen molar-refractivity contribution in [2.75, 3.05) is 0 Å². The van der Waals surface area contributed by atoms with Gasteiger partial charge >= 0.3 is 0 Å². The van der Waals surface area contributed by atoms with Gasteiger partial charge in [0, 0.05) is 0 Å². The summed E-state index contributed by atoms with van der Waals surface area (Å²) in [6.45, 7) is 6.64. The van der Waals surface area contributed by atoms with E-state index >= 15 is 0 Å². The summed E-state index contributed by atoms with van der Waals surface area (Å²) in [7, 11) is 0. The molecule has 0 bridgehead atoms. The Morgan fingerprint density at radius 3 is 2.62 bits per heavy atom. The first kappa shape index (κ1) is 8.55. The fraction of sp³-hybridized carbons (Fsp3) is 0.385. The first-order valence-electron chi connectivity index (χ1n) is 4.96. The van der Waals surface area contributed by atoms with Crippen LogP contribution in [0.3, 0.4) is 0 Å². The van der Waals surface area contributed by atoms with E-state index in [0.29, 0.717) is 0 Å². The zero-order valence-corrected chi connectivity index (χ0v) is 8.65. The van der Waals surface area contributed by atoms with Crippen LogP contribution >= 0.6 is 0 Å². The topological polar surface area (TPSA) is 0 Å². The molecule has 0 nitrogen and oxygen atoms in total. The smallest absolute Gasteiger partial charge is 0.0193 e. The zero-order valence-electron chi connectivity index (χ0n) is 8.65. The Morgan fingerprint density at radius 2 is 1.85 bits per heavy atom. The molecule has 13 heavy (non-hydrogen) atoms. The van der Waals surface area contributed by atoms with E-state index in [1.54, 1.807) is 5.57 Å². The molecule has 0 heterocycles. The van der Waals surface area contributed by atoms with Crippen LogP contribution in [0.25, 0.3) is 11.6 Å². The van der Waals surface area contributed by atoms with Crippen LogP contribution in [-0.4, -0.2) is 0 Å². The minimum atomic E-state index is 1.21. The van der Waals surface area contributed by atoms with E-state index in [4.69, 9.17) is 0 Å². The molecule has 1 aromatic rings. The van der Waals surface area contributed by atoms with Crippen LogP contribution in [-0.2, 0) is 0 Å². The van der Waals surface area contributed by atoms with Crippen LogP contribution in [0.1, 0.15) is 30.9 Å². The van der Waals surface area contributed by atoms with E-state index in [1.807, 2.05) is 0 Å². The highest BCUT2D eigenvalue weighted by atomic mass is 14.1. The predicted molar refractivity (Wildman–Crippen MR) is 57.9 cm³/mol. The first-order valence-corrected chi connectivity index (χ1v) is 4.96. The maximum Gasteiger partial charge on any atom is -0.0193 e. The number of benzene rings is 1. The van der Waals surface area contributed by atoms with Gasteiger partial charge in [0.05, 0.1) is 0 Å². The molecule has 68 valence electrons. The summed E-state index contributed by atoms with van der Waals surface area (Å²) < 4.78 is 0. The van der Waals surface area contributed by atoms with Gasteiger partial charge < -0.3 is 0 Å². The summed E-state index contributed by atoms with van der Waals surface area (Å²) >= 11 is 0. The Morgan fingerprint density at radius 1 is 1.08 bits per heavy atom. The van der Waals surface area contributed by atoms with Crippen molar-refractivity contribution < 1.29 is 0 Å². The normalized spacial score (nSPS) is 15.2. The van der Waals surface area contributed by atoms with Crippen molar-refractivity contribution in [3.63, 3.8) is 0 Å². The number of hydrogen-bond acceptors (Lipinski definition) is 0. The van der Waals surface area contributed by atoms with Crippen LogP contribution < -0.4 is 10.4 Å². The number of rotatable bonds is 0. The van der Waals surface area contributed by atoms with Gasteiger partial charge in [-0.15, -0.1) is 0 Å². The third kappa shape index (κ3) is 1.41. The summed E-state index contributed by atoms with van der Waals surface area (Å²) in [5.74, 6) is 0. The molecule has 0 aromatic heterocycles. The van der Waals surface area contributed by atoms with Gasteiger partial charge in [-0.25, -0.2) is 0 Å². The predicted octanol–water partition coefficient (Wildman–Crippen LogP) is 2.05. The summed E-state index contributed by atoms with van der Waals surface area (Å²) in [6.07, 6.45) is 4.82. The molecule has 0 amide bonds. The van der Waals surface area contributed by atoms with E-state index < -0.39 is 0 Å². The molecule has 1 aliphatic carbocycles. The molecule has 0 atom stereocenters. The van der Waals surface area contributed by atoms with Gasteiger partial charge in [0.15, 0.2) is 0 Å². The van der Waals surface area contributed by atoms with Gasteiger partial charge in [-0.1, -0.05) is 29.3 Å². The lowest BCUT2D eigenvalue weighted by Gasteiger charge is -2.09. The number of hydrogen-bond donors (Lipinski definition) is 0. The lowest BCUT2D eigenvalue weighted by Crippen LogP contribution is -2.31. The highest BCUT2D eigenvalue weighted by Crippen LogP contribution is 2.07. The van der Waals surface area contributed by atoms with E-state index in [1.165, 1.54) is 34.4 Å². The van der Waals surface area contributed by atoms with Crippen LogP contribution in [0.2, 0.25) is 0 Å². The number of fused-ring (bicyclic) bond motifs is 1. The summed E-state index contributed by atoms with van der Waals surface area (Å²) in [6, 6.07) is 4.58. The second kappa shape index (κ2) is 3.02. The standard InChI is InChI=1S/C13H16/c1-9-7-11(3)12-6-4-5-10(2)13(12)8-9/h6-8H,4-5H2,1-3H3. The molecule has 0 spiro atoms. The molecular formula is C13H16. The molecule has 0 heteroatoms. The molecule has 0 saturated carbocycles. The molecule has 2 rings (SSSR count). The molecule has 0 N–H and O–H groups in total. The Kier molecular flexibility index (Phi) is 1.99. The summed E-state index contributed by atoms with van der Waals surface area (Å²) in [5.41, 5.74) is 4.35. The minimum absolute atomic E-state index is 1.21. The highest BCUT2D eigenvalue weighted by molar-refractivity contribution is 5.51. The second-order valence-electron chi connectivity index (χ2n) is 4.07. The van der Waals surface area contributed by atoms with Crippen LogP contribution in [0, 0.1) is 13.8 Å². The third-order valence-electron chi connectivity index (χ3n) is 2.86. The molecule has 1 aliphatic rings. The molecule has 0 radical (unpaired) electrons. The first-order chi connectivity index (χ1) is 6.18. The van der Waals surface area contributed by atoms with Crippen molar-refractivity contribution in [3.05, 3.63) is 33.7 Å². The quantitative estimate of drug-likeness (QED) is 0.562. The van der Waals surface area contributed by atoms with E-state index in [-0.39, 0.29) is 0 Å². The lowest BCUT2D eigenvalue weighted by molar-refractivity contribution is 1.06. The Hall–Kier alpha value is -1.04. The fourth-order valence-electron chi connectivity index (χ4n) is 2.17. The van der Waals surface area contributed by atoms with Crippen molar-refractivity contribution in [2.45, 2.75) is 33.6 Å². The van der Waals surface area contributed by atoms with Crippen LogP contribution in [0.4, 0.5) is 0 Å². The monoisotopic (exact) mass is 172 g/mol. The molecule has 0 saturated heterocycles. The van der Waals surface area contributed by atoms with E-state index in [2.05, 4.69) is 39.0 Å². The number of aryl methyl sites for hydroxylation is 2. The summed E-state index contributed by atoms with van der Waals surface area (Å²) in [5, 5.41) is 2.94. The van der Waals surface area contributed by atoms with Crippen molar-refractivity contribution in [2.24, 2.45) is 0 Å². The van der Waals surface area contributed by atoms with Gasteiger partial charge in [0.25, 0.3) is 0 Å². The maximum atomic E-state index is 2.37. The minimum Gasteiger partial charge on any atom is -0.0761 e. The van der Waals surface area contributed by atoms with Gasteiger partial charge in [-0.05, 0) is 49.6 Å². The molecule has 0 unspecified atom stereocenters. The van der Waals surface area contributed by atoms with Gasteiger partial charge in [-0.2, -0.15) is 0 Å². The average Bonchev–Trinajstić information content (AvgIpc) is 2.07. The molecule has 1 aromatic carbocycles. The molecular weight excluding hydrogens is 156 g/mol. The van der Waals surface area contributed by atoms with Crippen molar-refractivity contribution in [1.82, 2.24) is 0 Å². The van der Waals surface area contributed by atoms with Crippen LogP contribution in [0.15, 0.2) is 12.1 Å². The van der Waals surface area contributed by atoms with Crippen LogP contribution in [0.5, 0.6) is 0 Å². The molecule has 0 fully saturated rings. The van der Waals surface area contributed by atoms with E-state index in [9.17, 15) is 0 Å². The zero-order chi connectivity index (χ0) is 9.42. The van der Waals surface area contributed by atoms with Gasteiger partial charge in [-0.3, -0.25) is 0 Å². The fourth-order valence-corrected chi connectivity index (χ4v) is 2.17. The Bertz CT molecular complexity index is 450. The van der Waals surface area contributed by atoms with Gasteiger partial charge in [0.1, 0.15) is 0 Å². The lowest BCUT2D eigenvalue weighted by atomic mass is 9.97. The van der Waals surface area contributed by atoms with Crippen molar-refractivity contribution in [3.8, 4) is 0 Å². The third-order valence-corrected chi connectivity index (χ3v) is 2.86. The Balaban J connectivity index is 2.94. The van der Waals surface area contributed by atoms with Gasteiger partial charge in [0.2, 0.25) is 0 Å². The van der Waals surface area contributed by atoms with Crippen molar-refractivity contribution in [1.29, 1.82) is 0 Å². The SMILES string of the molecule is CC1=c2cc(C)cc(C)c2=CCC1.